The molecule has 2 unspecified atom stereocenters. The fourth-order valence-electron chi connectivity index (χ4n) is 4.67. The van der Waals surface area contributed by atoms with Crippen molar-refractivity contribution in [1.29, 1.82) is 0 Å². The standard InChI is InChI=1S/C30H60O2/c1-7-10-13-16-18-21-24-27(23-20-15-12-9-3)29(31)32-28(26-30(4,5)6)25-22-19-17-14-11-8-2/h27-28H,7-26H2,1-6H3. The molecule has 0 aliphatic heterocycles. The Labute approximate surface area is 203 Å². The van der Waals surface area contributed by atoms with Gasteiger partial charge in [-0.05, 0) is 37.5 Å². The highest BCUT2D eigenvalue weighted by Gasteiger charge is 2.26. The Kier molecular flexibility index (Phi) is 20.7. The van der Waals surface area contributed by atoms with Gasteiger partial charge in [0, 0.05) is 0 Å². The average Bonchev–Trinajstić information content (AvgIpc) is 2.73. The van der Waals surface area contributed by atoms with E-state index in [1.165, 1.54) is 103 Å². The zero-order valence-electron chi connectivity index (χ0n) is 23.1. The highest BCUT2D eigenvalue weighted by molar-refractivity contribution is 5.72. The lowest BCUT2D eigenvalue weighted by Crippen LogP contribution is -2.28. The highest BCUT2D eigenvalue weighted by atomic mass is 16.5. The minimum Gasteiger partial charge on any atom is -0.462 e. The molecule has 0 saturated heterocycles. The van der Waals surface area contributed by atoms with Gasteiger partial charge in [-0.25, -0.2) is 0 Å². The number of esters is 1. The summed E-state index contributed by atoms with van der Waals surface area (Å²) in [7, 11) is 0. The van der Waals surface area contributed by atoms with Crippen LogP contribution < -0.4 is 0 Å². The maximum atomic E-state index is 13.2. The first-order valence-electron chi connectivity index (χ1n) is 14.5. The predicted octanol–water partition coefficient (Wildman–Crippen LogP) is 10.4. The van der Waals surface area contributed by atoms with Gasteiger partial charge in [0.25, 0.3) is 0 Å². The van der Waals surface area contributed by atoms with Crippen molar-refractivity contribution in [2.24, 2.45) is 11.3 Å². The van der Waals surface area contributed by atoms with E-state index in [4.69, 9.17) is 4.74 Å². The second-order valence-electron chi connectivity index (χ2n) is 11.5. The Morgan fingerprint density at radius 3 is 1.41 bits per heavy atom. The van der Waals surface area contributed by atoms with Gasteiger partial charge in [0.15, 0.2) is 0 Å². The number of hydrogen-bond donors (Lipinski definition) is 0. The van der Waals surface area contributed by atoms with E-state index in [0.717, 1.165) is 25.7 Å². The first-order valence-corrected chi connectivity index (χ1v) is 14.5. The Bertz CT molecular complexity index is 410. The number of carbonyl (C=O) groups excluding carboxylic acids is 1. The SMILES string of the molecule is CCCCCCCCC(CC(C)(C)C)OC(=O)C(CCCCCC)CCCCCCCC. The molecule has 0 aromatic heterocycles. The summed E-state index contributed by atoms with van der Waals surface area (Å²) in [4.78, 5) is 13.2. The van der Waals surface area contributed by atoms with Crippen LogP contribution in [-0.2, 0) is 9.53 Å². The summed E-state index contributed by atoms with van der Waals surface area (Å²) in [5.41, 5.74) is 0.197. The molecule has 0 N–H and O–H groups in total. The summed E-state index contributed by atoms with van der Waals surface area (Å²) in [6, 6.07) is 0. The van der Waals surface area contributed by atoms with Crippen LogP contribution in [0, 0.1) is 11.3 Å². The predicted molar refractivity (Wildman–Crippen MR) is 142 cm³/mol. The number of unbranched alkanes of at least 4 members (excludes halogenated alkanes) is 13. The van der Waals surface area contributed by atoms with Crippen molar-refractivity contribution in [3.63, 3.8) is 0 Å². The van der Waals surface area contributed by atoms with Crippen molar-refractivity contribution in [3.05, 3.63) is 0 Å². The molecule has 0 aliphatic carbocycles. The van der Waals surface area contributed by atoms with Crippen LogP contribution in [0.5, 0.6) is 0 Å². The van der Waals surface area contributed by atoms with E-state index in [-0.39, 0.29) is 23.4 Å². The van der Waals surface area contributed by atoms with Crippen LogP contribution in [0.2, 0.25) is 0 Å². The third kappa shape index (κ3) is 20.1. The Morgan fingerprint density at radius 1 is 0.594 bits per heavy atom. The molecular formula is C30H60O2. The Morgan fingerprint density at radius 2 is 0.969 bits per heavy atom. The van der Waals surface area contributed by atoms with Crippen LogP contribution in [0.15, 0.2) is 0 Å². The van der Waals surface area contributed by atoms with Gasteiger partial charge in [-0.1, -0.05) is 138 Å². The molecule has 0 heterocycles. The monoisotopic (exact) mass is 452 g/mol. The maximum absolute atomic E-state index is 13.2. The lowest BCUT2D eigenvalue weighted by Gasteiger charge is -2.28. The van der Waals surface area contributed by atoms with Crippen LogP contribution in [0.3, 0.4) is 0 Å². The molecule has 0 aromatic rings. The zero-order chi connectivity index (χ0) is 24.1. The van der Waals surface area contributed by atoms with Gasteiger partial charge in [-0.2, -0.15) is 0 Å². The second kappa shape index (κ2) is 21.0. The van der Waals surface area contributed by atoms with E-state index in [9.17, 15) is 4.79 Å². The van der Waals surface area contributed by atoms with Crippen molar-refractivity contribution in [2.75, 3.05) is 0 Å². The van der Waals surface area contributed by atoms with Crippen LogP contribution >= 0.6 is 0 Å². The van der Waals surface area contributed by atoms with Crippen LogP contribution in [-0.4, -0.2) is 12.1 Å². The fraction of sp³-hybridized carbons (Fsp3) is 0.967. The van der Waals surface area contributed by atoms with E-state index in [1.807, 2.05) is 0 Å². The summed E-state index contributed by atoms with van der Waals surface area (Å²) < 4.78 is 6.23. The quantitative estimate of drug-likeness (QED) is 0.121. The van der Waals surface area contributed by atoms with Crippen molar-refractivity contribution in [2.45, 2.75) is 176 Å². The molecule has 0 bridgehead atoms. The van der Waals surface area contributed by atoms with E-state index < -0.39 is 0 Å². The smallest absolute Gasteiger partial charge is 0.309 e. The van der Waals surface area contributed by atoms with Gasteiger partial charge >= 0.3 is 5.97 Å². The number of hydrogen-bond acceptors (Lipinski definition) is 2. The normalized spacial score (nSPS) is 13.8. The average molecular weight is 453 g/mol. The summed E-state index contributed by atoms with van der Waals surface area (Å²) in [5.74, 6) is 0.223. The molecule has 32 heavy (non-hydrogen) atoms. The highest BCUT2D eigenvalue weighted by Crippen LogP contribution is 2.28. The van der Waals surface area contributed by atoms with Gasteiger partial charge in [0.2, 0.25) is 0 Å². The second-order valence-corrected chi connectivity index (χ2v) is 11.5. The minimum atomic E-state index is 0.0939. The summed E-state index contributed by atoms with van der Waals surface area (Å²) in [5, 5.41) is 0. The molecule has 2 nitrogen and oxygen atoms in total. The van der Waals surface area contributed by atoms with Gasteiger partial charge in [-0.3, -0.25) is 4.79 Å². The van der Waals surface area contributed by atoms with E-state index >= 15 is 0 Å². The molecule has 0 aromatic carbocycles. The molecule has 0 amide bonds. The molecular weight excluding hydrogens is 392 g/mol. The van der Waals surface area contributed by atoms with Crippen molar-refractivity contribution in [1.82, 2.24) is 0 Å². The Hall–Kier alpha value is -0.530. The van der Waals surface area contributed by atoms with Crippen LogP contribution in [0.4, 0.5) is 0 Å². The van der Waals surface area contributed by atoms with Gasteiger partial charge in [-0.15, -0.1) is 0 Å². The van der Waals surface area contributed by atoms with Crippen LogP contribution in [0.1, 0.15) is 170 Å². The fourth-order valence-corrected chi connectivity index (χ4v) is 4.67. The van der Waals surface area contributed by atoms with E-state index in [0.29, 0.717) is 0 Å². The molecule has 2 atom stereocenters. The Balaban J connectivity index is 4.69. The third-order valence-electron chi connectivity index (χ3n) is 6.65. The lowest BCUT2D eigenvalue weighted by molar-refractivity contribution is -0.156. The first kappa shape index (κ1) is 31.5. The molecule has 0 fully saturated rings. The number of ether oxygens (including phenoxy) is 1. The molecule has 2 heteroatoms. The summed E-state index contributed by atoms with van der Waals surface area (Å²) in [6.07, 6.45) is 24.6. The molecule has 192 valence electrons. The number of rotatable bonds is 22. The molecule has 0 aliphatic rings. The third-order valence-corrected chi connectivity index (χ3v) is 6.65. The van der Waals surface area contributed by atoms with E-state index in [2.05, 4.69) is 41.5 Å². The topological polar surface area (TPSA) is 26.3 Å². The van der Waals surface area contributed by atoms with Gasteiger partial charge < -0.3 is 4.74 Å². The van der Waals surface area contributed by atoms with Gasteiger partial charge in [0.1, 0.15) is 6.10 Å². The van der Waals surface area contributed by atoms with Crippen LogP contribution in [0.25, 0.3) is 0 Å². The zero-order valence-corrected chi connectivity index (χ0v) is 23.1. The van der Waals surface area contributed by atoms with E-state index in [1.54, 1.807) is 0 Å². The minimum absolute atomic E-state index is 0.0939. The van der Waals surface area contributed by atoms with Crippen molar-refractivity contribution in [3.8, 4) is 0 Å². The van der Waals surface area contributed by atoms with Crippen molar-refractivity contribution >= 4 is 5.97 Å². The lowest BCUT2D eigenvalue weighted by atomic mass is 9.87. The number of carbonyl (C=O) groups is 1. The summed E-state index contributed by atoms with van der Waals surface area (Å²) in [6.45, 7) is 13.6. The molecule has 0 radical (unpaired) electrons. The molecule has 0 saturated carbocycles. The van der Waals surface area contributed by atoms with Crippen molar-refractivity contribution < 1.29 is 9.53 Å². The maximum Gasteiger partial charge on any atom is 0.309 e. The van der Waals surface area contributed by atoms with Gasteiger partial charge in [0.05, 0.1) is 5.92 Å². The molecule has 0 rings (SSSR count). The summed E-state index contributed by atoms with van der Waals surface area (Å²) >= 11 is 0. The largest absolute Gasteiger partial charge is 0.462 e. The molecule has 0 spiro atoms. The first-order chi connectivity index (χ1) is 15.3.